The quantitative estimate of drug-likeness (QED) is 0.692. The Bertz CT molecular complexity index is 1070. The first-order valence-electron chi connectivity index (χ1n) is 8.90. The summed E-state index contributed by atoms with van der Waals surface area (Å²) in [6.45, 7) is 0.476. The number of benzene rings is 1. The van der Waals surface area contributed by atoms with E-state index in [2.05, 4.69) is 9.97 Å². The lowest BCUT2D eigenvalue weighted by molar-refractivity contribution is 0.211. The Hall–Kier alpha value is -2.67. The Morgan fingerprint density at radius 1 is 1.30 bits per heavy atom. The third-order valence-electron chi connectivity index (χ3n) is 4.91. The van der Waals surface area contributed by atoms with E-state index in [4.69, 9.17) is 11.6 Å². The first kappa shape index (κ1) is 17.7. The van der Waals surface area contributed by atoms with Crippen LogP contribution in [0.15, 0.2) is 35.3 Å². The molecule has 0 spiro atoms. The van der Waals surface area contributed by atoms with Crippen molar-refractivity contribution in [1.29, 1.82) is 0 Å². The van der Waals surface area contributed by atoms with E-state index in [1.807, 2.05) is 24.3 Å². The Morgan fingerprint density at radius 3 is 2.67 bits per heavy atom. The number of aromatic nitrogens is 4. The van der Waals surface area contributed by atoms with E-state index in [9.17, 15) is 9.59 Å². The number of rotatable bonds is 4. The maximum absolute atomic E-state index is 12.9. The van der Waals surface area contributed by atoms with Crippen molar-refractivity contribution in [2.24, 2.45) is 7.05 Å². The van der Waals surface area contributed by atoms with Gasteiger partial charge in [0.05, 0.1) is 6.20 Å². The third kappa shape index (κ3) is 3.35. The van der Waals surface area contributed by atoms with Crippen LogP contribution in [0.1, 0.15) is 30.1 Å². The van der Waals surface area contributed by atoms with Crippen LogP contribution in [0.25, 0.3) is 11.2 Å². The molecule has 4 rings (SSSR count). The monoisotopic (exact) mass is 385 g/mol. The van der Waals surface area contributed by atoms with Gasteiger partial charge in [-0.3, -0.25) is 4.57 Å². The maximum Gasteiger partial charge on any atom is 0.338 e. The van der Waals surface area contributed by atoms with Gasteiger partial charge in [0, 0.05) is 31.6 Å². The summed E-state index contributed by atoms with van der Waals surface area (Å²) in [6.07, 6.45) is 4.41. The van der Waals surface area contributed by atoms with Crippen molar-refractivity contribution in [2.45, 2.75) is 25.2 Å². The molecule has 1 aliphatic carbocycles. The van der Waals surface area contributed by atoms with Crippen molar-refractivity contribution in [2.75, 3.05) is 13.6 Å². The topological polar surface area (TPSA) is 73.0 Å². The molecule has 0 unspecified atom stereocenters. The molecule has 0 saturated heterocycles. The molecular weight excluding hydrogens is 366 g/mol. The SMILES string of the molecule is CN(CCc1ccc(Cl)cc1)C(=O)n1c(=O)n(C)c2nc(C3CC3)ncc21. The second-order valence-electron chi connectivity index (χ2n) is 6.97. The van der Waals surface area contributed by atoms with E-state index in [1.165, 1.54) is 9.47 Å². The summed E-state index contributed by atoms with van der Waals surface area (Å²) in [5, 5.41) is 0.677. The number of amides is 1. The first-order chi connectivity index (χ1) is 13.0. The van der Waals surface area contributed by atoms with Crippen LogP contribution < -0.4 is 5.69 Å². The number of aryl methyl sites for hydroxylation is 1. The molecular formula is C19H20ClN5O2. The van der Waals surface area contributed by atoms with Gasteiger partial charge in [-0.1, -0.05) is 23.7 Å². The lowest BCUT2D eigenvalue weighted by Gasteiger charge is -2.17. The molecule has 0 N–H and O–H groups in total. The molecule has 140 valence electrons. The van der Waals surface area contributed by atoms with Crippen molar-refractivity contribution in [3.05, 3.63) is 57.4 Å². The van der Waals surface area contributed by atoms with Crippen LogP contribution in [0.3, 0.4) is 0 Å². The molecule has 0 radical (unpaired) electrons. The number of hydrogen-bond donors (Lipinski definition) is 0. The summed E-state index contributed by atoms with van der Waals surface area (Å²) in [4.78, 5) is 35.9. The summed E-state index contributed by atoms with van der Waals surface area (Å²) >= 11 is 5.90. The second-order valence-corrected chi connectivity index (χ2v) is 7.41. The largest absolute Gasteiger partial charge is 0.338 e. The predicted octanol–water partition coefficient (Wildman–Crippen LogP) is 2.80. The predicted molar refractivity (Wildman–Crippen MR) is 103 cm³/mol. The number of halogens is 1. The van der Waals surface area contributed by atoms with Crippen LogP contribution in [-0.4, -0.2) is 43.6 Å². The average Bonchev–Trinajstić information content (AvgIpc) is 3.48. The Kier molecular flexibility index (Phi) is 4.47. The number of imidazole rings is 1. The fraction of sp³-hybridized carbons (Fsp3) is 0.368. The average molecular weight is 386 g/mol. The van der Waals surface area contributed by atoms with Crippen molar-refractivity contribution >= 4 is 28.8 Å². The zero-order chi connectivity index (χ0) is 19.1. The van der Waals surface area contributed by atoms with Crippen LogP contribution in [0.5, 0.6) is 0 Å². The Labute approximate surface area is 161 Å². The molecule has 1 saturated carbocycles. The van der Waals surface area contributed by atoms with Crippen molar-refractivity contribution in [1.82, 2.24) is 24.0 Å². The molecule has 7 nitrogen and oxygen atoms in total. The van der Waals surface area contributed by atoms with E-state index in [1.54, 1.807) is 20.3 Å². The molecule has 2 heterocycles. The van der Waals surface area contributed by atoms with Crippen LogP contribution in [0.2, 0.25) is 5.02 Å². The summed E-state index contributed by atoms with van der Waals surface area (Å²) < 4.78 is 2.56. The minimum atomic E-state index is -0.407. The molecule has 2 aromatic heterocycles. The van der Waals surface area contributed by atoms with Gasteiger partial charge in [0.15, 0.2) is 5.65 Å². The van der Waals surface area contributed by atoms with Gasteiger partial charge in [-0.05, 0) is 37.0 Å². The number of carbonyl (C=O) groups excluding carboxylic acids is 1. The van der Waals surface area contributed by atoms with Gasteiger partial charge in [-0.25, -0.2) is 24.1 Å². The highest BCUT2D eigenvalue weighted by molar-refractivity contribution is 6.30. The second kappa shape index (κ2) is 6.81. The molecule has 27 heavy (non-hydrogen) atoms. The molecule has 0 bridgehead atoms. The van der Waals surface area contributed by atoms with Gasteiger partial charge in [0.2, 0.25) is 0 Å². The lowest BCUT2D eigenvalue weighted by atomic mass is 10.1. The summed E-state index contributed by atoms with van der Waals surface area (Å²) in [5.74, 6) is 1.13. The minimum absolute atomic E-state index is 0.380. The van der Waals surface area contributed by atoms with Gasteiger partial charge in [0.25, 0.3) is 0 Å². The molecule has 0 aliphatic heterocycles. The summed E-state index contributed by atoms with van der Waals surface area (Å²) in [6, 6.07) is 7.11. The van der Waals surface area contributed by atoms with E-state index >= 15 is 0 Å². The molecule has 3 aromatic rings. The fourth-order valence-electron chi connectivity index (χ4n) is 3.07. The van der Waals surface area contributed by atoms with Crippen molar-refractivity contribution in [3.8, 4) is 0 Å². The molecule has 1 aliphatic rings. The fourth-order valence-corrected chi connectivity index (χ4v) is 3.19. The minimum Gasteiger partial charge on any atom is -0.327 e. The smallest absolute Gasteiger partial charge is 0.327 e. The van der Waals surface area contributed by atoms with Crippen LogP contribution >= 0.6 is 11.6 Å². The zero-order valence-corrected chi connectivity index (χ0v) is 16.0. The van der Waals surface area contributed by atoms with E-state index in [0.29, 0.717) is 35.1 Å². The first-order valence-corrected chi connectivity index (χ1v) is 9.28. The van der Waals surface area contributed by atoms with Gasteiger partial charge in [-0.2, -0.15) is 0 Å². The lowest BCUT2D eigenvalue weighted by Crippen LogP contribution is -2.38. The van der Waals surface area contributed by atoms with Gasteiger partial charge < -0.3 is 4.90 Å². The number of carbonyl (C=O) groups is 1. The molecule has 1 fully saturated rings. The van der Waals surface area contributed by atoms with E-state index < -0.39 is 5.69 Å². The van der Waals surface area contributed by atoms with Gasteiger partial charge in [-0.15, -0.1) is 0 Å². The highest BCUT2D eigenvalue weighted by Gasteiger charge is 2.28. The zero-order valence-electron chi connectivity index (χ0n) is 15.2. The standard InChI is InChI=1S/C19H20ClN5O2/c1-23(10-9-12-3-7-14(20)8-4-12)18(26)25-15-11-21-16(13-5-6-13)22-17(15)24(2)19(25)27/h3-4,7-8,11,13H,5-6,9-10H2,1-2H3. The summed E-state index contributed by atoms with van der Waals surface area (Å²) in [5.41, 5.74) is 1.60. The van der Waals surface area contributed by atoms with Crippen LogP contribution in [0, 0.1) is 0 Å². The molecule has 8 heteroatoms. The highest BCUT2D eigenvalue weighted by atomic mass is 35.5. The number of likely N-dealkylation sites (N-methyl/N-ethyl adjacent to an activating group) is 1. The Balaban J connectivity index is 1.58. The van der Waals surface area contributed by atoms with E-state index in [0.717, 1.165) is 28.8 Å². The molecule has 0 atom stereocenters. The van der Waals surface area contributed by atoms with Crippen molar-refractivity contribution < 1.29 is 4.79 Å². The normalized spacial score (nSPS) is 13.9. The molecule has 1 amide bonds. The number of hydrogen-bond acceptors (Lipinski definition) is 4. The van der Waals surface area contributed by atoms with Crippen LogP contribution in [0.4, 0.5) is 4.79 Å². The number of nitrogens with zero attached hydrogens (tertiary/aromatic N) is 5. The third-order valence-corrected chi connectivity index (χ3v) is 5.17. The van der Waals surface area contributed by atoms with E-state index in [-0.39, 0.29) is 6.03 Å². The number of fused-ring (bicyclic) bond motifs is 1. The highest BCUT2D eigenvalue weighted by Crippen LogP contribution is 2.38. The maximum atomic E-state index is 12.9. The Morgan fingerprint density at radius 2 is 2.00 bits per heavy atom. The van der Waals surface area contributed by atoms with Gasteiger partial charge in [0.1, 0.15) is 11.3 Å². The van der Waals surface area contributed by atoms with Gasteiger partial charge >= 0.3 is 11.7 Å². The summed E-state index contributed by atoms with van der Waals surface area (Å²) in [7, 11) is 3.31. The van der Waals surface area contributed by atoms with Crippen LogP contribution in [-0.2, 0) is 13.5 Å². The van der Waals surface area contributed by atoms with Crippen molar-refractivity contribution in [3.63, 3.8) is 0 Å². The molecule has 1 aromatic carbocycles.